The second kappa shape index (κ2) is 7.23. The van der Waals surface area contributed by atoms with E-state index in [1.807, 2.05) is 0 Å². The molecule has 1 heterocycles. The largest absolute Gasteiger partial charge is 0.491 e. The molecule has 2 nitrogen and oxygen atoms in total. The Morgan fingerprint density at radius 2 is 1.57 bits per heavy atom. The highest BCUT2D eigenvalue weighted by Crippen LogP contribution is 2.43. The first-order valence-electron chi connectivity index (χ1n) is 8.85. The molecule has 23 heavy (non-hydrogen) atoms. The molecule has 0 aliphatic carbocycles. The lowest BCUT2D eigenvalue weighted by Crippen LogP contribution is -2.48. The van der Waals surface area contributed by atoms with Crippen molar-refractivity contribution < 1.29 is 9.16 Å². The van der Waals surface area contributed by atoms with Gasteiger partial charge in [-0.2, -0.15) is 0 Å². The molecule has 1 aromatic carbocycles. The molecule has 3 heteroatoms. The van der Waals surface area contributed by atoms with Gasteiger partial charge in [0.2, 0.25) is 8.32 Å². The number of rotatable bonds is 6. The Kier molecular flexibility index (Phi) is 5.74. The van der Waals surface area contributed by atoms with Crippen LogP contribution >= 0.6 is 0 Å². The third-order valence-electron chi connectivity index (χ3n) is 5.40. The minimum absolute atomic E-state index is 0.597. The quantitative estimate of drug-likeness (QED) is 0.582. The van der Waals surface area contributed by atoms with Gasteiger partial charge in [0.15, 0.2) is 0 Å². The van der Waals surface area contributed by atoms with Gasteiger partial charge in [0.1, 0.15) is 12.4 Å². The van der Waals surface area contributed by atoms with E-state index in [2.05, 4.69) is 72.7 Å². The summed E-state index contributed by atoms with van der Waals surface area (Å²) in [6.45, 7) is 17.4. The van der Waals surface area contributed by atoms with Gasteiger partial charge in [-0.3, -0.25) is 0 Å². The summed E-state index contributed by atoms with van der Waals surface area (Å²) in [5.41, 5.74) is 5.60. The van der Waals surface area contributed by atoms with Gasteiger partial charge >= 0.3 is 0 Å². The van der Waals surface area contributed by atoms with Crippen molar-refractivity contribution in [1.82, 2.24) is 0 Å². The zero-order chi connectivity index (χ0) is 17.2. The van der Waals surface area contributed by atoms with Gasteiger partial charge in [-0.25, -0.2) is 0 Å². The van der Waals surface area contributed by atoms with Crippen LogP contribution in [-0.2, 0) is 15.8 Å². The van der Waals surface area contributed by atoms with Crippen LogP contribution in [0.5, 0.6) is 0 Å². The lowest BCUT2D eigenvalue weighted by molar-refractivity contribution is 0.148. The Morgan fingerprint density at radius 3 is 2.13 bits per heavy atom. The Labute approximate surface area is 143 Å². The normalized spacial score (nSPS) is 15.4. The Hall–Kier alpha value is -1.06. The summed E-state index contributed by atoms with van der Waals surface area (Å²) in [5.74, 6) is 1.02. The average Bonchev–Trinajstić information content (AvgIpc) is 2.49. The maximum atomic E-state index is 6.69. The van der Waals surface area contributed by atoms with Crippen LogP contribution in [0.15, 0.2) is 30.0 Å². The first kappa shape index (κ1) is 18.3. The van der Waals surface area contributed by atoms with Crippen molar-refractivity contribution in [3.05, 3.63) is 41.2 Å². The van der Waals surface area contributed by atoms with E-state index in [4.69, 9.17) is 9.16 Å². The van der Waals surface area contributed by atoms with E-state index in [1.54, 1.807) is 0 Å². The molecule has 0 saturated heterocycles. The number of benzene rings is 1. The predicted octanol–water partition coefficient (Wildman–Crippen LogP) is 6.14. The molecule has 0 N–H and O–H groups in total. The molecular formula is C20H32O2Si. The summed E-state index contributed by atoms with van der Waals surface area (Å²) in [5, 5.41) is 0. The van der Waals surface area contributed by atoms with Crippen molar-refractivity contribution in [1.29, 1.82) is 0 Å². The van der Waals surface area contributed by atoms with Crippen LogP contribution in [0.3, 0.4) is 0 Å². The van der Waals surface area contributed by atoms with Crippen LogP contribution in [0.2, 0.25) is 16.6 Å². The standard InChI is InChI=1S/C20H32O2Si/c1-14(2)23(15(3)4,16(5)6)22-13-20-17(7)19-11-9-8-10-18(19)12-21-20/h8-11,14-16H,12-13H2,1-7H3. The van der Waals surface area contributed by atoms with Gasteiger partial charge in [0.05, 0.1) is 6.61 Å². The molecule has 0 fully saturated rings. The van der Waals surface area contributed by atoms with E-state index in [0.29, 0.717) is 29.8 Å². The molecule has 0 saturated carbocycles. The first-order valence-corrected chi connectivity index (χ1v) is 11.0. The van der Waals surface area contributed by atoms with Gasteiger partial charge in [0.25, 0.3) is 0 Å². The third kappa shape index (κ3) is 3.41. The van der Waals surface area contributed by atoms with Crippen molar-refractivity contribution >= 4 is 13.9 Å². The fourth-order valence-electron chi connectivity index (χ4n) is 4.28. The average molecular weight is 333 g/mol. The highest BCUT2D eigenvalue weighted by Gasteiger charge is 2.45. The number of hydrogen-bond donors (Lipinski definition) is 0. The second-order valence-corrected chi connectivity index (χ2v) is 13.1. The van der Waals surface area contributed by atoms with Gasteiger partial charge in [-0.15, -0.1) is 0 Å². The van der Waals surface area contributed by atoms with Crippen LogP contribution in [0.4, 0.5) is 0 Å². The molecule has 1 aliphatic rings. The minimum atomic E-state index is -1.85. The van der Waals surface area contributed by atoms with E-state index in [1.165, 1.54) is 16.7 Å². The first-order chi connectivity index (χ1) is 10.8. The maximum Gasteiger partial charge on any atom is 0.201 e. The summed E-state index contributed by atoms with van der Waals surface area (Å²) in [6, 6.07) is 8.50. The van der Waals surface area contributed by atoms with Gasteiger partial charge in [0, 0.05) is 0 Å². The molecule has 0 aromatic heterocycles. The number of fused-ring (bicyclic) bond motifs is 1. The predicted molar refractivity (Wildman–Crippen MR) is 101 cm³/mol. The molecule has 0 atom stereocenters. The van der Waals surface area contributed by atoms with Gasteiger partial charge < -0.3 is 9.16 Å². The molecular weight excluding hydrogens is 300 g/mol. The van der Waals surface area contributed by atoms with Gasteiger partial charge in [-0.05, 0) is 40.2 Å². The number of hydrogen-bond acceptors (Lipinski definition) is 2. The summed E-state index contributed by atoms with van der Waals surface area (Å²) in [6.07, 6.45) is 0. The van der Waals surface area contributed by atoms with Crippen molar-refractivity contribution in [3.8, 4) is 0 Å². The third-order valence-corrected chi connectivity index (χ3v) is 11.5. The molecule has 1 aromatic rings. The highest BCUT2D eigenvalue weighted by molar-refractivity contribution is 6.77. The van der Waals surface area contributed by atoms with Crippen LogP contribution < -0.4 is 0 Å². The molecule has 0 amide bonds. The molecule has 2 rings (SSSR count). The lowest BCUT2D eigenvalue weighted by Gasteiger charge is -2.42. The number of ether oxygens (including phenoxy) is 1. The molecule has 0 bridgehead atoms. The SMILES string of the molecule is CC1=C(CO[Si](C(C)C)(C(C)C)C(C)C)OCc2ccccc21. The zero-order valence-corrected chi connectivity index (χ0v) is 16.8. The zero-order valence-electron chi connectivity index (χ0n) is 15.8. The number of allylic oxidation sites excluding steroid dienone is 1. The molecule has 0 unspecified atom stereocenters. The molecule has 0 radical (unpaired) electrons. The smallest absolute Gasteiger partial charge is 0.201 e. The lowest BCUT2D eigenvalue weighted by atomic mass is 9.98. The highest BCUT2D eigenvalue weighted by atomic mass is 28.4. The van der Waals surface area contributed by atoms with Crippen molar-refractivity contribution in [2.75, 3.05) is 6.61 Å². The Balaban J connectivity index is 2.25. The van der Waals surface area contributed by atoms with Crippen molar-refractivity contribution in [2.45, 2.75) is 71.7 Å². The van der Waals surface area contributed by atoms with Crippen LogP contribution in [0.1, 0.15) is 59.6 Å². The minimum Gasteiger partial charge on any atom is -0.491 e. The van der Waals surface area contributed by atoms with Crippen LogP contribution in [-0.4, -0.2) is 14.9 Å². The Bertz CT molecular complexity index is 551. The molecule has 0 spiro atoms. The second-order valence-electron chi connectivity index (χ2n) is 7.60. The maximum absolute atomic E-state index is 6.69. The summed E-state index contributed by atoms with van der Waals surface area (Å²) in [4.78, 5) is 0. The molecule has 1 aliphatic heterocycles. The van der Waals surface area contributed by atoms with Gasteiger partial charge in [-0.1, -0.05) is 65.8 Å². The topological polar surface area (TPSA) is 18.5 Å². The van der Waals surface area contributed by atoms with Crippen LogP contribution in [0.25, 0.3) is 5.57 Å². The summed E-state index contributed by atoms with van der Waals surface area (Å²) in [7, 11) is -1.85. The fraction of sp³-hybridized carbons (Fsp3) is 0.600. The van der Waals surface area contributed by atoms with Crippen molar-refractivity contribution in [2.24, 2.45) is 0 Å². The fourth-order valence-corrected chi connectivity index (χ4v) is 9.66. The van der Waals surface area contributed by atoms with E-state index in [9.17, 15) is 0 Å². The van der Waals surface area contributed by atoms with E-state index >= 15 is 0 Å². The summed E-state index contributed by atoms with van der Waals surface area (Å²) < 4.78 is 12.7. The van der Waals surface area contributed by atoms with Crippen molar-refractivity contribution in [3.63, 3.8) is 0 Å². The van der Waals surface area contributed by atoms with E-state index < -0.39 is 8.32 Å². The van der Waals surface area contributed by atoms with E-state index in [0.717, 1.165) is 5.76 Å². The molecule has 128 valence electrons. The van der Waals surface area contributed by atoms with Crippen LogP contribution in [0, 0.1) is 0 Å². The Morgan fingerprint density at radius 1 is 1.00 bits per heavy atom. The van der Waals surface area contributed by atoms with E-state index in [-0.39, 0.29) is 0 Å². The monoisotopic (exact) mass is 332 g/mol. The summed E-state index contributed by atoms with van der Waals surface area (Å²) >= 11 is 0.